The summed E-state index contributed by atoms with van der Waals surface area (Å²) >= 11 is 0. The number of carbonyl (C=O) groups is 2. The first-order valence-electron chi connectivity index (χ1n) is 11.0. The van der Waals surface area contributed by atoms with Gasteiger partial charge in [0.1, 0.15) is 0 Å². The number of ether oxygens (including phenoxy) is 3. The van der Waals surface area contributed by atoms with Crippen LogP contribution in [-0.2, 0) is 23.8 Å². The van der Waals surface area contributed by atoms with Crippen molar-refractivity contribution < 1.29 is 28.9 Å². The number of unbranched alkanes of at least 4 members (excludes halogenated alkanes) is 7. The summed E-state index contributed by atoms with van der Waals surface area (Å²) < 4.78 is 16.3. The van der Waals surface area contributed by atoms with E-state index in [4.69, 9.17) is 14.6 Å². The predicted octanol–water partition coefficient (Wildman–Crippen LogP) is 4.98. The average Bonchev–Trinajstić information content (AvgIpc) is 2.68. The van der Waals surface area contributed by atoms with E-state index in [-0.39, 0.29) is 12.4 Å². The van der Waals surface area contributed by atoms with E-state index < -0.39 is 5.97 Å². The smallest absolute Gasteiger partial charge is 0.305 e. The minimum atomic E-state index is -0.712. The summed E-state index contributed by atoms with van der Waals surface area (Å²) in [6, 6.07) is 0. The molecule has 1 atom stereocenters. The first-order valence-corrected chi connectivity index (χ1v) is 11.0. The van der Waals surface area contributed by atoms with E-state index in [1.54, 1.807) is 0 Å². The molecule has 0 aromatic heterocycles. The Morgan fingerprint density at radius 3 is 1.82 bits per heavy atom. The van der Waals surface area contributed by atoms with Crippen molar-refractivity contribution in [2.24, 2.45) is 5.92 Å². The fourth-order valence-electron chi connectivity index (χ4n) is 2.97. The zero-order chi connectivity index (χ0) is 20.9. The Morgan fingerprint density at radius 1 is 0.786 bits per heavy atom. The van der Waals surface area contributed by atoms with E-state index in [0.717, 1.165) is 84.2 Å². The Morgan fingerprint density at radius 2 is 1.32 bits per heavy atom. The molecule has 0 spiro atoms. The Hall–Kier alpha value is -1.14. The molecule has 28 heavy (non-hydrogen) atoms. The maximum Gasteiger partial charge on any atom is 0.305 e. The van der Waals surface area contributed by atoms with Crippen LogP contribution in [0.15, 0.2) is 0 Å². The van der Waals surface area contributed by atoms with Gasteiger partial charge in [0.15, 0.2) is 0 Å². The van der Waals surface area contributed by atoms with Crippen LogP contribution in [0.1, 0.15) is 90.4 Å². The molecule has 0 fully saturated rings. The van der Waals surface area contributed by atoms with Gasteiger partial charge < -0.3 is 19.3 Å². The van der Waals surface area contributed by atoms with E-state index in [9.17, 15) is 9.59 Å². The van der Waals surface area contributed by atoms with Gasteiger partial charge in [-0.3, -0.25) is 9.59 Å². The third kappa shape index (κ3) is 19.6. The molecule has 6 heteroatoms. The van der Waals surface area contributed by atoms with E-state index >= 15 is 0 Å². The van der Waals surface area contributed by atoms with Crippen LogP contribution in [0.4, 0.5) is 0 Å². The Bertz CT molecular complexity index is 372. The molecule has 1 unspecified atom stereocenters. The van der Waals surface area contributed by atoms with Crippen LogP contribution in [0.5, 0.6) is 0 Å². The molecule has 166 valence electrons. The van der Waals surface area contributed by atoms with E-state index in [1.165, 1.54) is 20.0 Å². The van der Waals surface area contributed by atoms with Crippen LogP contribution in [0.2, 0.25) is 0 Å². The van der Waals surface area contributed by atoms with Crippen LogP contribution in [-0.4, -0.2) is 50.6 Å². The van der Waals surface area contributed by atoms with Crippen LogP contribution in [0, 0.1) is 5.92 Å². The number of hydrogen-bond acceptors (Lipinski definition) is 5. The molecule has 0 bridgehead atoms. The second-order valence-electron chi connectivity index (χ2n) is 7.46. The van der Waals surface area contributed by atoms with Crippen molar-refractivity contribution in [2.75, 3.05) is 33.5 Å². The lowest BCUT2D eigenvalue weighted by atomic mass is 10.0. The topological polar surface area (TPSA) is 82.1 Å². The lowest BCUT2D eigenvalue weighted by Gasteiger charge is -2.17. The fourth-order valence-corrected chi connectivity index (χ4v) is 2.97. The maximum absolute atomic E-state index is 11.0. The normalized spacial score (nSPS) is 12.1. The van der Waals surface area contributed by atoms with E-state index in [0.29, 0.717) is 12.3 Å². The van der Waals surface area contributed by atoms with Gasteiger partial charge in [-0.1, -0.05) is 45.4 Å². The Labute approximate surface area is 171 Å². The molecule has 0 heterocycles. The molecular weight excluding hydrogens is 360 g/mol. The quantitative estimate of drug-likeness (QED) is 0.215. The lowest BCUT2D eigenvalue weighted by Crippen LogP contribution is -2.17. The highest BCUT2D eigenvalue weighted by Gasteiger charge is 2.09. The van der Waals surface area contributed by atoms with Crippen LogP contribution in [0.25, 0.3) is 0 Å². The number of methoxy groups -OCH3 is 1. The second-order valence-corrected chi connectivity index (χ2v) is 7.46. The van der Waals surface area contributed by atoms with Gasteiger partial charge in [-0.2, -0.15) is 0 Å². The highest BCUT2D eigenvalue weighted by Crippen LogP contribution is 2.12. The van der Waals surface area contributed by atoms with Gasteiger partial charge in [-0.15, -0.1) is 0 Å². The Balaban J connectivity index is 3.62. The van der Waals surface area contributed by atoms with Gasteiger partial charge in [0.05, 0.1) is 20.3 Å². The monoisotopic (exact) mass is 402 g/mol. The Kier molecular flexibility index (Phi) is 19.8. The first-order chi connectivity index (χ1) is 13.6. The van der Waals surface area contributed by atoms with Crippen molar-refractivity contribution in [3.8, 4) is 0 Å². The number of rotatable bonds is 21. The van der Waals surface area contributed by atoms with Gasteiger partial charge in [-0.25, -0.2) is 0 Å². The maximum atomic E-state index is 11.0. The fraction of sp³-hybridized carbons (Fsp3) is 0.909. The molecule has 0 aromatic rings. The number of carboxylic acid groups (broad SMARTS) is 1. The standard InChI is InChI=1S/C22H42O6/c1-3-4-13-20(18-27-16-11-7-5-9-14-21(23)24)19-28-17-12-8-6-10-15-22(25)26-2/h20H,3-19H2,1-2H3,(H,23,24). The summed E-state index contributed by atoms with van der Waals surface area (Å²) in [4.78, 5) is 21.5. The molecule has 0 saturated heterocycles. The third-order valence-electron chi connectivity index (χ3n) is 4.75. The number of hydrogen-bond donors (Lipinski definition) is 1. The molecule has 0 aliphatic heterocycles. The van der Waals surface area contributed by atoms with E-state index in [2.05, 4.69) is 11.7 Å². The van der Waals surface area contributed by atoms with Crippen LogP contribution in [0.3, 0.4) is 0 Å². The zero-order valence-corrected chi connectivity index (χ0v) is 18.1. The number of carbonyl (C=O) groups excluding carboxylic acids is 1. The van der Waals surface area contributed by atoms with Crippen molar-refractivity contribution in [3.63, 3.8) is 0 Å². The van der Waals surface area contributed by atoms with Crippen molar-refractivity contribution in [1.82, 2.24) is 0 Å². The average molecular weight is 403 g/mol. The van der Waals surface area contributed by atoms with Gasteiger partial charge in [-0.05, 0) is 32.1 Å². The van der Waals surface area contributed by atoms with Crippen LogP contribution >= 0.6 is 0 Å². The number of esters is 1. The van der Waals surface area contributed by atoms with Gasteiger partial charge in [0.2, 0.25) is 0 Å². The predicted molar refractivity (Wildman–Crippen MR) is 110 cm³/mol. The van der Waals surface area contributed by atoms with Crippen molar-refractivity contribution in [2.45, 2.75) is 90.4 Å². The summed E-state index contributed by atoms with van der Waals surface area (Å²) in [6.07, 6.45) is 12.0. The SMILES string of the molecule is CCCCC(COCCCCCCC(=O)O)COCCCCCCC(=O)OC. The molecule has 0 aliphatic carbocycles. The lowest BCUT2D eigenvalue weighted by molar-refractivity contribution is -0.141. The minimum absolute atomic E-state index is 0.129. The van der Waals surface area contributed by atoms with Gasteiger partial charge in [0, 0.05) is 32.0 Å². The van der Waals surface area contributed by atoms with E-state index in [1.807, 2.05) is 0 Å². The summed E-state index contributed by atoms with van der Waals surface area (Å²) in [5.74, 6) is -0.391. The summed E-state index contributed by atoms with van der Waals surface area (Å²) in [6.45, 7) is 5.21. The highest BCUT2D eigenvalue weighted by atomic mass is 16.5. The zero-order valence-electron chi connectivity index (χ0n) is 18.1. The molecule has 1 N–H and O–H groups in total. The molecule has 0 saturated carbocycles. The molecule has 0 aromatic carbocycles. The third-order valence-corrected chi connectivity index (χ3v) is 4.75. The van der Waals surface area contributed by atoms with Crippen molar-refractivity contribution in [3.05, 3.63) is 0 Å². The summed E-state index contributed by atoms with van der Waals surface area (Å²) in [5, 5.41) is 8.60. The molecule has 6 nitrogen and oxygen atoms in total. The number of carboxylic acids is 1. The molecular formula is C22H42O6. The molecule has 0 rings (SSSR count). The van der Waals surface area contributed by atoms with Crippen molar-refractivity contribution in [1.29, 1.82) is 0 Å². The second kappa shape index (κ2) is 20.6. The largest absolute Gasteiger partial charge is 0.481 e. The summed E-state index contributed by atoms with van der Waals surface area (Å²) in [7, 11) is 1.43. The molecule has 0 radical (unpaired) electrons. The highest BCUT2D eigenvalue weighted by molar-refractivity contribution is 5.69. The van der Waals surface area contributed by atoms with Gasteiger partial charge >= 0.3 is 11.9 Å². The van der Waals surface area contributed by atoms with Gasteiger partial charge in [0.25, 0.3) is 0 Å². The molecule has 0 aliphatic rings. The van der Waals surface area contributed by atoms with Crippen LogP contribution < -0.4 is 0 Å². The minimum Gasteiger partial charge on any atom is -0.481 e. The molecule has 0 amide bonds. The number of aliphatic carboxylic acids is 1. The van der Waals surface area contributed by atoms with Crippen molar-refractivity contribution >= 4 is 11.9 Å². The first kappa shape index (κ1) is 26.9. The summed E-state index contributed by atoms with van der Waals surface area (Å²) in [5.41, 5.74) is 0.